The second-order valence-electron chi connectivity index (χ2n) is 4.89. The van der Waals surface area contributed by atoms with E-state index in [2.05, 4.69) is 10.6 Å². The number of hydrogen-bond acceptors (Lipinski definition) is 4. The molecule has 0 aromatic carbocycles. The van der Waals surface area contributed by atoms with Gasteiger partial charge in [-0.1, -0.05) is 39.5 Å². The highest BCUT2D eigenvalue weighted by Crippen LogP contribution is 1.97. The highest BCUT2D eigenvalue weighted by Gasteiger charge is 2.29. The Balaban J connectivity index is 3.95. The minimum absolute atomic E-state index is 0.439. The molecule has 6 heteroatoms. The second-order valence-corrected chi connectivity index (χ2v) is 4.89. The third-order valence-corrected chi connectivity index (χ3v) is 3.00. The lowest BCUT2D eigenvalue weighted by Gasteiger charge is -2.17. The Morgan fingerprint density at radius 2 is 1.15 bits per heavy atom. The van der Waals surface area contributed by atoms with E-state index in [9.17, 15) is 19.8 Å². The van der Waals surface area contributed by atoms with Crippen LogP contribution in [-0.4, -0.2) is 47.3 Å². The summed E-state index contributed by atoms with van der Waals surface area (Å²) in [5.74, 6) is -1.42. The lowest BCUT2D eigenvalue weighted by atomic mass is 10.1. The predicted molar refractivity (Wildman–Crippen MR) is 77.1 cm³/mol. The summed E-state index contributed by atoms with van der Waals surface area (Å²) >= 11 is 0. The normalized spacial score (nSPS) is 13.6. The molecule has 6 nitrogen and oxygen atoms in total. The van der Waals surface area contributed by atoms with E-state index in [0.717, 1.165) is 38.5 Å². The molecule has 0 aliphatic carbocycles. The molecule has 0 aromatic heterocycles. The number of aliphatic hydroxyl groups excluding tert-OH is 2. The number of carbonyl (C=O) groups is 2. The molecule has 0 saturated carbocycles. The zero-order valence-corrected chi connectivity index (χ0v) is 12.5. The van der Waals surface area contributed by atoms with Crippen molar-refractivity contribution in [3.8, 4) is 0 Å². The Labute approximate surface area is 120 Å². The number of unbranched alkanes of at least 4 members (excludes halogenated alkanes) is 4. The average Bonchev–Trinajstić information content (AvgIpc) is 2.46. The van der Waals surface area contributed by atoms with Gasteiger partial charge in [-0.05, 0) is 12.8 Å². The zero-order valence-electron chi connectivity index (χ0n) is 12.5. The molecular formula is C14H28N2O4. The Kier molecular flexibility index (Phi) is 11.0. The van der Waals surface area contributed by atoms with Crippen LogP contribution in [0.1, 0.15) is 52.4 Å². The van der Waals surface area contributed by atoms with Crippen LogP contribution < -0.4 is 10.6 Å². The third-order valence-electron chi connectivity index (χ3n) is 3.00. The quantitative estimate of drug-likeness (QED) is 0.412. The molecule has 2 amide bonds. The van der Waals surface area contributed by atoms with Gasteiger partial charge in [-0.3, -0.25) is 9.59 Å². The Morgan fingerprint density at radius 1 is 0.800 bits per heavy atom. The number of carbonyl (C=O) groups excluding carboxylic acids is 2. The van der Waals surface area contributed by atoms with Crippen LogP contribution in [0.2, 0.25) is 0 Å². The van der Waals surface area contributed by atoms with Gasteiger partial charge in [-0.2, -0.15) is 0 Å². The van der Waals surface area contributed by atoms with E-state index in [4.69, 9.17) is 0 Å². The van der Waals surface area contributed by atoms with Crippen molar-refractivity contribution < 1.29 is 19.8 Å². The zero-order chi connectivity index (χ0) is 15.4. The van der Waals surface area contributed by atoms with E-state index in [0.29, 0.717) is 13.1 Å². The second kappa shape index (κ2) is 11.7. The van der Waals surface area contributed by atoms with Gasteiger partial charge >= 0.3 is 0 Å². The first-order valence-corrected chi connectivity index (χ1v) is 7.46. The maximum absolute atomic E-state index is 11.5. The summed E-state index contributed by atoms with van der Waals surface area (Å²) in [5, 5.41) is 24.2. The molecule has 0 rings (SSSR count). The fourth-order valence-electron chi connectivity index (χ4n) is 1.67. The van der Waals surface area contributed by atoms with E-state index >= 15 is 0 Å². The van der Waals surface area contributed by atoms with Crippen molar-refractivity contribution >= 4 is 11.8 Å². The Hall–Kier alpha value is -1.14. The Bertz CT molecular complexity index is 256. The van der Waals surface area contributed by atoms with Crippen LogP contribution >= 0.6 is 0 Å². The van der Waals surface area contributed by atoms with Crippen molar-refractivity contribution in [2.24, 2.45) is 0 Å². The lowest BCUT2D eigenvalue weighted by molar-refractivity contribution is -0.146. The first kappa shape index (κ1) is 18.9. The highest BCUT2D eigenvalue weighted by atomic mass is 16.3. The van der Waals surface area contributed by atoms with Crippen LogP contribution in [0, 0.1) is 0 Å². The molecule has 0 aliphatic heterocycles. The van der Waals surface area contributed by atoms with Gasteiger partial charge in [0.25, 0.3) is 11.8 Å². The summed E-state index contributed by atoms with van der Waals surface area (Å²) in [4.78, 5) is 23.1. The van der Waals surface area contributed by atoms with Gasteiger partial charge in [0.2, 0.25) is 0 Å². The molecule has 2 atom stereocenters. The number of aliphatic hydroxyl groups is 2. The molecule has 0 radical (unpaired) electrons. The van der Waals surface area contributed by atoms with Gasteiger partial charge in [0, 0.05) is 13.1 Å². The van der Waals surface area contributed by atoms with Crippen LogP contribution in [0.25, 0.3) is 0 Å². The molecule has 4 N–H and O–H groups in total. The van der Waals surface area contributed by atoms with Crippen LogP contribution in [0.3, 0.4) is 0 Å². The molecule has 0 heterocycles. The van der Waals surface area contributed by atoms with Gasteiger partial charge in [-0.25, -0.2) is 0 Å². The molecule has 0 fully saturated rings. The summed E-state index contributed by atoms with van der Waals surface area (Å²) in [7, 11) is 0. The van der Waals surface area contributed by atoms with E-state index in [-0.39, 0.29) is 0 Å². The fraction of sp³-hybridized carbons (Fsp3) is 0.857. The first-order valence-electron chi connectivity index (χ1n) is 7.46. The van der Waals surface area contributed by atoms with Gasteiger partial charge in [0.1, 0.15) is 0 Å². The Morgan fingerprint density at radius 3 is 1.45 bits per heavy atom. The van der Waals surface area contributed by atoms with Gasteiger partial charge in [0.05, 0.1) is 0 Å². The van der Waals surface area contributed by atoms with Crippen LogP contribution in [-0.2, 0) is 9.59 Å². The van der Waals surface area contributed by atoms with Crippen molar-refractivity contribution in [1.82, 2.24) is 10.6 Å². The van der Waals surface area contributed by atoms with Crippen LogP contribution in [0.4, 0.5) is 0 Å². The standard InChI is InChI=1S/C14H28N2O4/c1-3-5-7-9-15-13(19)11(17)12(18)14(20)16-10-8-6-4-2/h11-12,17-18H,3-10H2,1-2H3,(H,15,19)(H,16,20)/t11-,12-/m1/s1. The van der Waals surface area contributed by atoms with E-state index in [1.807, 2.05) is 13.8 Å². The van der Waals surface area contributed by atoms with Gasteiger partial charge < -0.3 is 20.8 Å². The monoisotopic (exact) mass is 288 g/mol. The summed E-state index contributed by atoms with van der Waals surface area (Å²) < 4.78 is 0. The smallest absolute Gasteiger partial charge is 0.252 e. The van der Waals surface area contributed by atoms with Gasteiger partial charge in [0.15, 0.2) is 12.2 Å². The number of rotatable bonds is 11. The largest absolute Gasteiger partial charge is 0.380 e. The summed E-state index contributed by atoms with van der Waals surface area (Å²) in [6.45, 7) is 4.97. The third kappa shape index (κ3) is 8.12. The van der Waals surface area contributed by atoms with E-state index in [1.54, 1.807) is 0 Å². The molecule has 0 bridgehead atoms. The van der Waals surface area contributed by atoms with Crippen molar-refractivity contribution in [1.29, 1.82) is 0 Å². The molecule has 0 spiro atoms. The summed E-state index contributed by atoms with van der Waals surface area (Å²) in [5.41, 5.74) is 0. The minimum Gasteiger partial charge on any atom is -0.380 e. The van der Waals surface area contributed by atoms with E-state index in [1.165, 1.54) is 0 Å². The molecule has 0 unspecified atom stereocenters. The van der Waals surface area contributed by atoms with E-state index < -0.39 is 24.0 Å². The topological polar surface area (TPSA) is 98.7 Å². The lowest BCUT2D eigenvalue weighted by Crippen LogP contribution is -2.49. The molecule has 0 aromatic rings. The SMILES string of the molecule is CCCCCNC(=O)[C@H](O)[C@@H](O)C(=O)NCCCCC. The average molecular weight is 288 g/mol. The van der Waals surface area contributed by atoms with Crippen molar-refractivity contribution in [2.45, 2.75) is 64.6 Å². The maximum atomic E-state index is 11.5. The van der Waals surface area contributed by atoms with Gasteiger partial charge in [-0.15, -0.1) is 0 Å². The predicted octanol–water partition coefficient (Wildman–Crippen LogP) is 0.321. The maximum Gasteiger partial charge on any atom is 0.252 e. The van der Waals surface area contributed by atoms with Crippen LogP contribution in [0.15, 0.2) is 0 Å². The molecule has 0 aliphatic rings. The fourth-order valence-corrected chi connectivity index (χ4v) is 1.67. The number of nitrogens with one attached hydrogen (secondary N) is 2. The summed E-state index contributed by atoms with van der Waals surface area (Å²) in [6, 6.07) is 0. The molecule has 118 valence electrons. The minimum atomic E-state index is -1.72. The van der Waals surface area contributed by atoms with Crippen molar-refractivity contribution in [3.63, 3.8) is 0 Å². The van der Waals surface area contributed by atoms with Crippen molar-refractivity contribution in [2.75, 3.05) is 13.1 Å². The highest BCUT2D eigenvalue weighted by molar-refractivity contribution is 5.90. The summed E-state index contributed by atoms with van der Waals surface area (Å²) in [6.07, 6.45) is 2.21. The van der Waals surface area contributed by atoms with Crippen LogP contribution in [0.5, 0.6) is 0 Å². The van der Waals surface area contributed by atoms with Crippen molar-refractivity contribution in [3.05, 3.63) is 0 Å². The molecule has 20 heavy (non-hydrogen) atoms. The number of hydrogen-bond donors (Lipinski definition) is 4. The molecular weight excluding hydrogens is 260 g/mol. The number of amides is 2. The first-order chi connectivity index (χ1) is 9.54. The molecule has 0 saturated heterocycles.